The van der Waals surface area contributed by atoms with Crippen molar-refractivity contribution in [1.82, 2.24) is 9.80 Å². The minimum absolute atomic E-state index is 0.0831. The number of carbonyl (C=O) groups excluding carboxylic acids is 3. The molecular weight excluding hydrogens is 305 g/mol. The molecule has 0 aromatic rings. The lowest BCUT2D eigenvalue weighted by molar-refractivity contribution is -0.141. The van der Waals surface area contributed by atoms with Gasteiger partial charge in [0.05, 0.1) is 6.54 Å². The van der Waals surface area contributed by atoms with Crippen LogP contribution in [0.25, 0.3) is 0 Å². The van der Waals surface area contributed by atoms with Crippen molar-refractivity contribution >= 4 is 17.9 Å². The molecule has 2 rings (SSSR count). The van der Waals surface area contributed by atoms with Crippen molar-refractivity contribution in [3.63, 3.8) is 0 Å². The fourth-order valence-electron chi connectivity index (χ4n) is 3.05. The van der Waals surface area contributed by atoms with Gasteiger partial charge in [0.25, 0.3) is 0 Å². The topological polar surface area (TPSA) is 92.9 Å². The molecule has 130 valence electrons. The van der Waals surface area contributed by atoms with E-state index in [1.54, 1.807) is 20.8 Å². The highest BCUT2D eigenvalue weighted by atomic mass is 19.1. The molecule has 3 amide bonds. The zero-order chi connectivity index (χ0) is 17.4. The Morgan fingerprint density at radius 3 is 2.39 bits per heavy atom. The maximum atomic E-state index is 13.6. The molecule has 0 aromatic carbocycles. The quantitative estimate of drug-likeness (QED) is 0.811. The van der Waals surface area contributed by atoms with E-state index < -0.39 is 41.8 Å². The molecule has 23 heavy (non-hydrogen) atoms. The number of primary amides is 1. The average Bonchev–Trinajstić information content (AvgIpc) is 3.01. The van der Waals surface area contributed by atoms with E-state index in [9.17, 15) is 18.8 Å². The Hall–Kier alpha value is -1.86. The molecule has 2 aliphatic heterocycles. The summed E-state index contributed by atoms with van der Waals surface area (Å²) in [5.41, 5.74) is 4.59. The lowest BCUT2D eigenvalue weighted by Gasteiger charge is -2.31. The molecule has 8 heteroatoms. The second-order valence-corrected chi connectivity index (χ2v) is 7.07. The van der Waals surface area contributed by atoms with Crippen LogP contribution in [0.3, 0.4) is 0 Å². The normalized spacial score (nSPS) is 28.1. The number of carbonyl (C=O) groups is 3. The van der Waals surface area contributed by atoms with Gasteiger partial charge in [0.2, 0.25) is 11.8 Å². The van der Waals surface area contributed by atoms with Gasteiger partial charge in [-0.25, -0.2) is 9.18 Å². The molecule has 0 bridgehead atoms. The molecule has 3 atom stereocenters. The zero-order valence-electron chi connectivity index (χ0n) is 13.8. The molecule has 7 nitrogen and oxygen atoms in total. The zero-order valence-corrected chi connectivity index (χ0v) is 13.8. The SMILES string of the molecule is CC(C)(C)OC(=O)N1CCC[C@H]1C(=O)N1C[C@@H](F)C[C@H]1C(N)=O. The lowest BCUT2D eigenvalue weighted by atomic mass is 10.1. The van der Waals surface area contributed by atoms with Gasteiger partial charge in [-0.3, -0.25) is 14.5 Å². The smallest absolute Gasteiger partial charge is 0.410 e. The van der Waals surface area contributed by atoms with Crippen LogP contribution in [0.2, 0.25) is 0 Å². The fourth-order valence-corrected chi connectivity index (χ4v) is 3.05. The van der Waals surface area contributed by atoms with Crippen LogP contribution in [0.5, 0.6) is 0 Å². The van der Waals surface area contributed by atoms with Gasteiger partial charge in [-0.2, -0.15) is 0 Å². The van der Waals surface area contributed by atoms with E-state index in [0.717, 1.165) is 0 Å². The van der Waals surface area contributed by atoms with Gasteiger partial charge in [0, 0.05) is 13.0 Å². The van der Waals surface area contributed by atoms with E-state index in [1.807, 2.05) is 0 Å². The summed E-state index contributed by atoms with van der Waals surface area (Å²) in [5, 5.41) is 0. The summed E-state index contributed by atoms with van der Waals surface area (Å²) in [6.45, 7) is 5.48. The summed E-state index contributed by atoms with van der Waals surface area (Å²) in [6, 6.07) is -1.67. The van der Waals surface area contributed by atoms with E-state index in [2.05, 4.69) is 0 Å². The van der Waals surface area contributed by atoms with Gasteiger partial charge in [-0.15, -0.1) is 0 Å². The van der Waals surface area contributed by atoms with E-state index in [4.69, 9.17) is 10.5 Å². The summed E-state index contributed by atoms with van der Waals surface area (Å²) in [6.07, 6.45) is -0.797. The van der Waals surface area contributed by atoms with Crippen LogP contribution in [0.15, 0.2) is 0 Å². The van der Waals surface area contributed by atoms with E-state index in [-0.39, 0.29) is 13.0 Å². The molecule has 2 fully saturated rings. The molecule has 2 aliphatic rings. The first kappa shape index (κ1) is 17.5. The number of ether oxygens (including phenoxy) is 1. The fraction of sp³-hybridized carbons (Fsp3) is 0.800. The van der Waals surface area contributed by atoms with Crippen molar-refractivity contribution in [2.45, 2.75) is 63.9 Å². The Kier molecular flexibility index (Phi) is 4.81. The van der Waals surface area contributed by atoms with Gasteiger partial charge < -0.3 is 15.4 Å². The average molecular weight is 329 g/mol. The lowest BCUT2D eigenvalue weighted by Crippen LogP contribution is -2.52. The van der Waals surface area contributed by atoms with Crippen LogP contribution in [-0.2, 0) is 14.3 Å². The van der Waals surface area contributed by atoms with Crippen LogP contribution in [-0.4, -0.2) is 64.7 Å². The third-order valence-corrected chi connectivity index (χ3v) is 4.03. The third kappa shape index (κ3) is 3.92. The predicted molar refractivity (Wildman–Crippen MR) is 80.2 cm³/mol. The number of hydrogen-bond donors (Lipinski definition) is 1. The number of halogens is 1. The number of hydrogen-bond acceptors (Lipinski definition) is 4. The van der Waals surface area contributed by atoms with Gasteiger partial charge >= 0.3 is 6.09 Å². The molecule has 0 unspecified atom stereocenters. The van der Waals surface area contributed by atoms with E-state index in [1.165, 1.54) is 9.80 Å². The molecule has 0 radical (unpaired) electrons. The van der Waals surface area contributed by atoms with Gasteiger partial charge in [-0.1, -0.05) is 0 Å². The highest BCUT2D eigenvalue weighted by Crippen LogP contribution is 2.27. The molecule has 0 aliphatic carbocycles. The molecule has 0 spiro atoms. The first-order valence-corrected chi connectivity index (χ1v) is 7.83. The number of likely N-dealkylation sites (tertiary alicyclic amines) is 2. The van der Waals surface area contributed by atoms with E-state index >= 15 is 0 Å². The Balaban J connectivity index is 2.11. The number of alkyl halides is 1. The maximum Gasteiger partial charge on any atom is 0.410 e. The Bertz CT molecular complexity index is 505. The Morgan fingerprint density at radius 1 is 1.17 bits per heavy atom. The molecule has 2 heterocycles. The van der Waals surface area contributed by atoms with Crippen LogP contribution < -0.4 is 5.73 Å². The first-order chi connectivity index (χ1) is 10.6. The van der Waals surface area contributed by atoms with Crippen molar-refractivity contribution in [1.29, 1.82) is 0 Å². The summed E-state index contributed by atoms with van der Waals surface area (Å²) >= 11 is 0. The highest BCUT2D eigenvalue weighted by Gasteiger charge is 2.45. The van der Waals surface area contributed by atoms with Crippen LogP contribution in [0.4, 0.5) is 9.18 Å². The molecule has 0 saturated carbocycles. The van der Waals surface area contributed by atoms with Crippen molar-refractivity contribution in [3.8, 4) is 0 Å². The Morgan fingerprint density at radius 2 is 1.83 bits per heavy atom. The van der Waals surface area contributed by atoms with Gasteiger partial charge in [0.15, 0.2) is 0 Å². The van der Waals surface area contributed by atoms with Crippen LogP contribution in [0.1, 0.15) is 40.0 Å². The predicted octanol–water partition coefficient (Wildman–Crippen LogP) is 0.810. The van der Waals surface area contributed by atoms with Crippen LogP contribution >= 0.6 is 0 Å². The summed E-state index contributed by atoms with van der Waals surface area (Å²) < 4.78 is 18.9. The molecule has 0 aromatic heterocycles. The van der Waals surface area contributed by atoms with E-state index in [0.29, 0.717) is 19.4 Å². The minimum atomic E-state index is -1.27. The monoisotopic (exact) mass is 329 g/mol. The van der Waals surface area contributed by atoms with Crippen LogP contribution in [0, 0.1) is 0 Å². The number of amides is 3. The second-order valence-electron chi connectivity index (χ2n) is 7.07. The maximum absolute atomic E-state index is 13.6. The van der Waals surface area contributed by atoms with Gasteiger partial charge in [0.1, 0.15) is 23.9 Å². The number of rotatable bonds is 2. The molecule has 2 N–H and O–H groups in total. The Labute approximate surface area is 134 Å². The number of nitrogens with two attached hydrogens (primary N) is 1. The number of nitrogens with zero attached hydrogens (tertiary/aromatic N) is 2. The highest BCUT2D eigenvalue weighted by molar-refractivity contribution is 5.91. The van der Waals surface area contributed by atoms with Crippen molar-refractivity contribution in [2.75, 3.05) is 13.1 Å². The summed E-state index contributed by atoms with van der Waals surface area (Å²) in [7, 11) is 0. The summed E-state index contributed by atoms with van der Waals surface area (Å²) in [4.78, 5) is 38.9. The molecular formula is C15H24FN3O4. The summed E-state index contributed by atoms with van der Waals surface area (Å²) in [5.74, 6) is -1.15. The third-order valence-electron chi connectivity index (χ3n) is 4.03. The van der Waals surface area contributed by atoms with Gasteiger partial charge in [-0.05, 0) is 33.6 Å². The van der Waals surface area contributed by atoms with Crippen molar-refractivity contribution < 1.29 is 23.5 Å². The molecule has 2 saturated heterocycles. The van der Waals surface area contributed by atoms with Crippen molar-refractivity contribution in [2.24, 2.45) is 5.73 Å². The van der Waals surface area contributed by atoms with Crippen molar-refractivity contribution in [3.05, 3.63) is 0 Å². The largest absolute Gasteiger partial charge is 0.444 e. The second kappa shape index (κ2) is 6.33. The standard InChI is InChI=1S/C15H24FN3O4/c1-15(2,3)23-14(22)18-6-4-5-10(18)13(21)19-8-9(16)7-11(19)12(17)20/h9-11H,4-8H2,1-3H3,(H2,17,20)/t9-,10-,11-/m0/s1. The minimum Gasteiger partial charge on any atom is -0.444 e. The first-order valence-electron chi connectivity index (χ1n) is 7.83.